The van der Waals surface area contributed by atoms with Crippen molar-refractivity contribution < 1.29 is 5.11 Å². The SMILES string of the molecule is C[C@H](Br)[C@@H](O)c1nc(C#N)c(N)nc1Cl. The number of rotatable bonds is 2. The normalized spacial score (nSPS) is 14.3. The topological polar surface area (TPSA) is 95.8 Å². The number of aliphatic hydroxyl groups excluding tert-OH is 1. The predicted molar refractivity (Wildman–Crippen MR) is 59.5 cm³/mol. The Balaban J connectivity index is 3.26. The first-order chi connectivity index (χ1) is 6.97. The third kappa shape index (κ3) is 2.56. The van der Waals surface area contributed by atoms with Gasteiger partial charge in [0.1, 0.15) is 17.9 Å². The van der Waals surface area contributed by atoms with Crippen molar-refractivity contribution in [2.45, 2.75) is 17.9 Å². The van der Waals surface area contributed by atoms with E-state index in [-0.39, 0.29) is 27.2 Å². The van der Waals surface area contributed by atoms with Gasteiger partial charge in [-0.1, -0.05) is 27.5 Å². The van der Waals surface area contributed by atoms with Crippen molar-refractivity contribution in [2.24, 2.45) is 0 Å². The van der Waals surface area contributed by atoms with E-state index in [0.29, 0.717) is 0 Å². The van der Waals surface area contributed by atoms with E-state index < -0.39 is 6.10 Å². The summed E-state index contributed by atoms with van der Waals surface area (Å²) in [6.45, 7) is 1.73. The van der Waals surface area contributed by atoms with E-state index in [1.54, 1.807) is 13.0 Å². The van der Waals surface area contributed by atoms with Gasteiger partial charge in [0.15, 0.2) is 16.7 Å². The Labute approximate surface area is 100 Å². The summed E-state index contributed by atoms with van der Waals surface area (Å²) >= 11 is 8.94. The van der Waals surface area contributed by atoms with Crippen molar-refractivity contribution in [3.8, 4) is 6.07 Å². The second-order valence-electron chi connectivity index (χ2n) is 2.87. The molecule has 0 bridgehead atoms. The number of nitrogens with two attached hydrogens (primary N) is 1. The highest BCUT2D eigenvalue weighted by molar-refractivity contribution is 9.09. The Morgan fingerprint density at radius 3 is 2.67 bits per heavy atom. The maximum atomic E-state index is 9.71. The number of anilines is 1. The minimum atomic E-state index is -0.933. The predicted octanol–water partition coefficient (Wildman–Crippen LogP) is 1.40. The Morgan fingerprint density at radius 1 is 1.60 bits per heavy atom. The number of hydrogen-bond donors (Lipinski definition) is 2. The lowest BCUT2D eigenvalue weighted by atomic mass is 10.2. The fraction of sp³-hybridized carbons (Fsp3) is 0.375. The number of alkyl halides is 1. The summed E-state index contributed by atoms with van der Waals surface area (Å²) in [6, 6.07) is 1.77. The zero-order valence-electron chi connectivity index (χ0n) is 7.78. The minimum absolute atomic E-state index is 0.00491. The Morgan fingerprint density at radius 2 is 2.20 bits per heavy atom. The van der Waals surface area contributed by atoms with E-state index in [1.165, 1.54) is 0 Å². The van der Waals surface area contributed by atoms with Gasteiger partial charge in [0.25, 0.3) is 0 Å². The van der Waals surface area contributed by atoms with Crippen molar-refractivity contribution in [3.63, 3.8) is 0 Å². The molecular weight excluding hydrogens is 283 g/mol. The summed E-state index contributed by atoms with van der Waals surface area (Å²) in [7, 11) is 0. The van der Waals surface area contributed by atoms with Gasteiger partial charge in [0.2, 0.25) is 0 Å². The molecule has 0 spiro atoms. The first-order valence-corrected chi connectivity index (χ1v) is 5.32. The zero-order chi connectivity index (χ0) is 11.6. The van der Waals surface area contributed by atoms with Gasteiger partial charge in [-0.2, -0.15) is 5.26 Å². The number of nitrogen functional groups attached to an aromatic ring is 1. The summed E-state index contributed by atoms with van der Waals surface area (Å²) in [5.74, 6) is -0.0410. The monoisotopic (exact) mass is 290 g/mol. The van der Waals surface area contributed by atoms with Gasteiger partial charge >= 0.3 is 0 Å². The fourth-order valence-corrected chi connectivity index (χ4v) is 1.42. The molecule has 1 rings (SSSR count). The molecule has 0 unspecified atom stereocenters. The van der Waals surface area contributed by atoms with Crippen LogP contribution in [-0.2, 0) is 0 Å². The van der Waals surface area contributed by atoms with E-state index in [9.17, 15) is 5.11 Å². The number of nitriles is 1. The highest BCUT2D eigenvalue weighted by Crippen LogP contribution is 2.26. The molecule has 0 radical (unpaired) electrons. The molecule has 0 saturated heterocycles. The van der Waals surface area contributed by atoms with Crippen LogP contribution in [0.2, 0.25) is 5.15 Å². The van der Waals surface area contributed by atoms with Crippen LogP contribution in [0.25, 0.3) is 0 Å². The molecular formula is C8H8BrClN4O. The smallest absolute Gasteiger partial charge is 0.183 e. The lowest BCUT2D eigenvalue weighted by Crippen LogP contribution is -2.13. The minimum Gasteiger partial charge on any atom is -0.386 e. The van der Waals surface area contributed by atoms with Crippen LogP contribution in [-0.4, -0.2) is 19.9 Å². The molecule has 7 heteroatoms. The Kier molecular flexibility index (Phi) is 3.85. The molecule has 1 aromatic heterocycles. The third-order valence-electron chi connectivity index (χ3n) is 1.73. The van der Waals surface area contributed by atoms with Gasteiger partial charge < -0.3 is 10.8 Å². The molecule has 0 amide bonds. The van der Waals surface area contributed by atoms with Gasteiger partial charge in [0.05, 0.1) is 0 Å². The molecule has 3 N–H and O–H groups in total. The third-order valence-corrected chi connectivity index (χ3v) is 2.50. The molecule has 0 aromatic carbocycles. The lowest BCUT2D eigenvalue weighted by molar-refractivity contribution is 0.176. The van der Waals surface area contributed by atoms with Crippen molar-refractivity contribution in [1.29, 1.82) is 5.26 Å². The summed E-state index contributed by atoms with van der Waals surface area (Å²) in [5.41, 5.74) is 5.51. The van der Waals surface area contributed by atoms with Gasteiger partial charge in [0, 0.05) is 4.83 Å². The van der Waals surface area contributed by atoms with Gasteiger partial charge in [-0.3, -0.25) is 0 Å². The van der Waals surface area contributed by atoms with Crippen LogP contribution in [0.1, 0.15) is 24.4 Å². The second-order valence-corrected chi connectivity index (χ2v) is 4.67. The number of nitrogens with zero attached hydrogens (tertiary/aromatic N) is 3. The van der Waals surface area contributed by atoms with Crippen LogP contribution >= 0.6 is 27.5 Å². The Bertz CT molecular complexity index is 418. The van der Waals surface area contributed by atoms with Crippen LogP contribution in [0.4, 0.5) is 5.82 Å². The summed E-state index contributed by atoms with van der Waals surface area (Å²) in [6.07, 6.45) is -0.933. The molecule has 0 aliphatic carbocycles. The van der Waals surface area contributed by atoms with Crippen LogP contribution < -0.4 is 5.73 Å². The Hall–Kier alpha value is -0.900. The van der Waals surface area contributed by atoms with Crippen LogP contribution in [0.5, 0.6) is 0 Å². The van der Waals surface area contributed by atoms with Gasteiger partial charge in [-0.25, -0.2) is 9.97 Å². The second kappa shape index (κ2) is 4.75. The molecule has 1 heterocycles. The van der Waals surface area contributed by atoms with Crippen LogP contribution in [0, 0.1) is 11.3 Å². The largest absolute Gasteiger partial charge is 0.386 e. The van der Waals surface area contributed by atoms with E-state index in [2.05, 4.69) is 25.9 Å². The molecule has 0 saturated carbocycles. The molecule has 80 valence electrons. The highest BCUT2D eigenvalue weighted by atomic mass is 79.9. The molecule has 0 aliphatic heterocycles. The molecule has 0 aliphatic rings. The molecule has 15 heavy (non-hydrogen) atoms. The van der Waals surface area contributed by atoms with E-state index in [4.69, 9.17) is 22.6 Å². The van der Waals surface area contributed by atoms with Crippen LogP contribution in [0.15, 0.2) is 0 Å². The maximum Gasteiger partial charge on any atom is 0.183 e. The lowest BCUT2D eigenvalue weighted by Gasteiger charge is -2.13. The van der Waals surface area contributed by atoms with E-state index >= 15 is 0 Å². The fourth-order valence-electron chi connectivity index (χ4n) is 0.928. The average molecular weight is 292 g/mol. The number of aliphatic hydroxyl groups is 1. The molecule has 5 nitrogen and oxygen atoms in total. The summed E-state index contributed by atoms with van der Waals surface area (Å²) < 4.78 is 0. The molecule has 0 fully saturated rings. The van der Waals surface area contributed by atoms with E-state index in [1.807, 2.05) is 0 Å². The zero-order valence-corrected chi connectivity index (χ0v) is 10.1. The van der Waals surface area contributed by atoms with Crippen molar-refractivity contribution in [1.82, 2.24) is 9.97 Å². The van der Waals surface area contributed by atoms with Crippen LogP contribution in [0.3, 0.4) is 0 Å². The van der Waals surface area contributed by atoms with Crippen molar-refractivity contribution >= 4 is 33.3 Å². The maximum absolute atomic E-state index is 9.71. The van der Waals surface area contributed by atoms with Gasteiger partial charge in [-0.15, -0.1) is 0 Å². The number of hydrogen-bond acceptors (Lipinski definition) is 5. The average Bonchev–Trinajstić information content (AvgIpc) is 2.17. The standard InChI is InChI=1S/C8H8BrClN4O/c1-3(9)6(15)5-7(10)14-8(12)4(2-11)13-5/h3,6,15H,1H3,(H2,12,14)/t3-,6+/m0/s1. The highest BCUT2D eigenvalue weighted by Gasteiger charge is 2.21. The summed E-state index contributed by atoms with van der Waals surface area (Å²) in [5, 5.41) is 18.4. The first-order valence-electron chi connectivity index (χ1n) is 4.02. The molecule has 1 aromatic rings. The summed E-state index contributed by atoms with van der Waals surface area (Å²) in [4.78, 5) is 7.33. The van der Waals surface area contributed by atoms with Crippen molar-refractivity contribution in [2.75, 3.05) is 5.73 Å². The van der Waals surface area contributed by atoms with Crippen molar-refractivity contribution in [3.05, 3.63) is 16.5 Å². The quantitative estimate of drug-likeness (QED) is 0.803. The first kappa shape index (κ1) is 12.2. The van der Waals surface area contributed by atoms with Gasteiger partial charge in [-0.05, 0) is 6.92 Å². The molecule has 2 atom stereocenters. The number of halogens is 2. The van der Waals surface area contributed by atoms with E-state index in [0.717, 1.165) is 0 Å². The number of aromatic nitrogens is 2.